The molecule has 0 spiro atoms. The van der Waals surface area contributed by atoms with Gasteiger partial charge in [-0.05, 0) is 31.4 Å². The van der Waals surface area contributed by atoms with Gasteiger partial charge in [-0.15, -0.1) is 0 Å². The van der Waals surface area contributed by atoms with E-state index >= 15 is 0 Å². The average Bonchev–Trinajstić information content (AvgIpc) is 3.28. The van der Waals surface area contributed by atoms with Gasteiger partial charge in [-0.2, -0.15) is 4.31 Å². The number of ether oxygens (including phenoxy) is 2. The molecule has 0 saturated carbocycles. The van der Waals surface area contributed by atoms with Gasteiger partial charge in [0.15, 0.2) is 21.3 Å². The molecular weight excluding hydrogens is 408 g/mol. The van der Waals surface area contributed by atoms with Crippen molar-refractivity contribution in [2.75, 3.05) is 32.3 Å². The SMILES string of the molecule is COc1ccc(S(=O)(=O)N2CCCC2C(=O)NC2CCS(=O)(=O)C2)cc1OC. The normalized spacial score (nSPS) is 24.8. The van der Waals surface area contributed by atoms with E-state index in [9.17, 15) is 21.6 Å². The van der Waals surface area contributed by atoms with Crippen LogP contribution in [-0.2, 0) is 24.7 Å². The van der Waals surface area contributed by atoms with Crippen LogP contribution in [0.5, 0.6) is 11.5 Å². The van der Waals surface area contributed by atoms with E-state index in [0.717, 1.165) is 0 Å². The van der Waals surface area contributed by atoms with Crippen molar-refractivity contribution in [1.29, 1.82) is 0 Å². The fourth-order valence-electron chi connectivity index (χ4n) is 3.61. The number of methoxy groups -OCH3 is 2. The van der Waals surface area contributed by atoms with Crippen molar-refractivity contribution in [3.63, 3.8) is 0 Å². The second kappa shape index (κ2) is 7.88. The third-order valence-electron chi connectivity index (χ3n) is 5.05. The summed E-state index contributed by atoms with van der Waals surface area (Å²) < 4.78 is 60.9. The van der Waals surface area contributed by atoms with Gasteiger partial charge in [0.2, 0.25) is 15.9 Å². The molecule has 2 aliphatic rings. The Bertz CT molecular complexity index is 960. The Balaban J connectivity index is 1.80. The zero-order chi connectivity index (χ0) is 20.5. The maximum absolute atomic E-state index is 13.1. The molecule has 0 aromatic heterocycles. The highest BCUT2D eigenvalue weighted by atomic mass is 32.2. The van der Waals surface area contributed by atoms with Crippen molar-refractivity contribution in [1.82, 2.24) is 9.62 Å². The van der Waals surface area contributed by atoms with E-state index in [0.29, 0.717) is 25.0 Å². The van der Waals surface area contributed by atoms with Crippen LogP contribution in [0.3, 0.4) is 0 Å². The summed E-state index contributed by atoms with van der Waals surface area (Å²) in [6, 6.07) is 2.95. The highest BCUT2D eigenvalue weighted by Gasteiger charge is 2.41. The van der Waals surface area contributed by atoms with Gasteiger partial charge in [0, 0.05) is 18.7 Å². The lowest BCUT2D eigenvalue weighted by Crippen LogP contribution is -2.49. The van der Waals surface area contributed by atoms with Crippen molar-refractivity contribution in [2.24, 2.45) is 0 Å². The quantitative estimate of drug-likeness (QED) is 0.680. The number of hydrogen-bond donors (Lipinski definition) is 1. The predicted octanol–water partition coefficient (Wildman–Crippen LogP) is 0.160. The first-order valence-electron chi connectivity index (χ1n) is 8.92. The number of carbonyl (C=O) groups is 1. The highest BCUT2D eigenvalue weighted by Crippen LogP contribution is 2.33. The van der Waals surface area contributed by atoms with Gasteiger partial charge < -0.3 is 14.8 Å². The zero-order valence-electron chi connectivity index (χ0n) is 15.8. The van der Waals surface area contributed by atoms with Crippen LogP contribution < -0.4 is 14.8 Å². The molecule has 2 aliphatic heterocycles. The van der Waals surface area contributed by atoms with Crippen LogP contribution in [0.25, 0.3) is 0 Å². The number of sulfonamides is 1. The van der Waals surface area contributed by atoms with E-state index in [4.69, 9.17) is 9.47 Å². The molecule has 2 atom stereocenters. The first-order chi connectivity index (χ1) is 13.2. The third-order valence-corrected chi connectivity index (χ3v) is 8.72. The van der Waals surface area contributed by atoms with Gasteiger partial charge in [-0.1, -0.05) is 0 Å². The fourth-order valence-corrected chi connectivity index (χ4v) is 6.95. The van der Waals surface area contributed by atoms with Crippen LogP contribution in [0.15, 0.2) is 23.1 Å². The number of benzene rings is 1. The van der Waals surface area contributed by atoms with Gasteiger partial charge in [0.05, 0.1) is 30.6 Å². The van der Waals surface area contributed by atoms with Gasteiger partial charge >= 0.3 is 0 Å². The fraction of sp³-hybridized carbons (Fsp3) is 0.588. The van der Waals surface area contributed by atoms with Crippen LogP contribution in [0.4, 0.5) is 0 Å². The minimum Gasteiger partial charge on any atom is -0.493 e. The number of nitrogens with one attached hydrogen (secondary N) is 1. The molecule has 156 valence electrons. The lowest BCUT2D eigenvalue weighted by molar-refractivity contribution is -0.124. The van der Waals surface area contributed by atoms with Crippen LogP contribution in [0.1, 0.15) is 19.3 Å². The molecule has 1 aromatic rings. The predicted molar refractivity (Wildman–Crippen MR) is 102 cm³/mol. The highest BCUT2D eigenvalue weighted by molar-refractivity contribution is 7.91. The van der Waals surface area contributed by atoms with E-state index < -0.39 is 37.9 Å². The van der Waals surface area contributed by atoms with E-state index in [1.165, 1.54) is 36.7 Å². The van der Waals surface area contributed by atoms with Crippen LogP contribution in [0.2, 0.25) is 0 Å². The van der Waals surface area contributed by atoms with Gasteiger partial charge in [0.25, 0.3) is 0 Å². The lowest BCUT2D eigenvalue weighted by Gasteiger charge is -2.25. The summed E-state index contributed by atoms with van der Waals surface area (Å²) in [5.41, 5.74) is 0. The molecule has 1 aromatic carbocycles. The number of carbonyl (C=O) groups excluding carboxylic acids is 1. The second-order valence-electron chi connectivity index (χ2n) is 6.90. The maximum Gasteiger partial charge on any atom is 0.243 e. The summed E-state index contributed by atoms with van der Waals surface area (Å²) >= 11 is 0. The topological polar surface area (TPSA) is 119 Å². The maximum atomic E-state index is 13.1. The summed E-state index contributed by atoms with van der Waals surface area (Å²) in [6.07, 6.45) is 1.29. The smallest absolute Gasteiger partial charge is 0.243 e. The molecule has 1 amide bonds. The first-order valence-corrected chi connectivity index (χ1v) is 12.2. The molecule has 2 saturated heterocycles. The Hall–Kier alpha value is -1.85. The Labute approximate surface area is 165 Å². The summed E-state index contributed by atoms with van der Waals surface area (Å²) in [7, 11) is -4.20. The summed E-state index contributed by atoms with van der Waals surface area (Å²) in [4.78, 5) is 12.7. The Morgan fingerprint density at radius 2 is 1.89 bits per heavy atom. The molecular formula is C17H24N2O7S2. The van der Waals surface area contributed by atoms with Crippen molar-refractivity contribution in [3.8, 4) is 11.5 Å². The summed E-state index contributed by atoms with van der Waals surface area (Å²) in [5, 5.41) is 2.70. The van der Waals surface area contributed by atoms with Gasteiger partial charge in [-0.3, -0.25) is 4.79 Å². The molecule has 1 N–H and O–H groups in total. The van der Waals surface area contributed by atoms with Crippen molar-refractivity contribution in [2.45, 2.75) is 36.2 Å². The number of rotatable bonds is 6. The molecule has 0 bridgehead atoms. The average molecular weight is 433 g/mol. The molecule has 3 rings (SSSR count). The molecule has 2 fully saturated rings. The van der Waals surface area contributed by atoms with Crippen LogP contribution in [0, 0.1) is 0 Å². The molecule has 9 nitrogen and oxygen atoms in total. The van der Waals surface area contributed by atoms with Crippen LogP contribution >= 0.6 is 0 Å². The Morgan fingerprint density at radius 1 is 1.18 bits per heavy atom. The standard InChI is InChI=1S/C17H24N2O7S2/c1-25-15-6-5-13(10-16(15)26-2)28(23,24)19-8-3-4-14(19)17(20)18-12-7-9-27(21,22)11-12/h5-6,10,12,14H,3-4,7-9,11H2,1-2H3,(H,18,20). The van der Waals surface area contributed by atoms with Crippen molar-refractivity contribution >= 4 is 25.8 Å². The summed E-state index contributed by atoms with van der Waals surface area (Å²) in [5.74, 6) is 0.160. The Kier molecular flexibility index (Phi) is 5.87. The number of hydrogen-bond acceptors (Lipinski definition) is 7. The molecule has 11 heteroatoms. The summed E-state index contributed by atoms with van der Waals surface area (Å²) in [6.45, 7) is 0.220. The minimum absolute atomic E-state index is 0.00768. The largest absolute Gasteiger partial charge is 0.493 e. The van der Waals surface area contributed by atoms with E-state index in [2.05, 4.69) is 5.32 Å². The molecule has 28 heavy (non-hydrogen) atoms. The van der Waals surface area contributed by atoms with E-state index in [-0.39, 0.29) is 28.7 Å². The second-order valence-corrected chi connectivity index (χ2v) is 11.0. The van der Waals surface area contributed by atoms with Crippen LogP contribution in [-0.4, -0.2) is 71.4 Å². The van der Waals surface area contributed by atoms with Crippen molar-refractivity contribution in [3.05, 3.63) is 18.2 Å². The third kappa shape index (κ3) is 4.11. The van der Waals surface area contributed by atoms with Gasteiger partial charge in [-0.25, -0.2) is 16.8 Å². The Morgan fingerprint density at radius 3 is 2.50 bits per heavy atom. The molecule has 2 heterocycles. The molecule has 0 radical (unpaired) electrons. The molecule has 2 unspecified atom stereocenters. The molecule has 0 aliphatic carbocycles. The lowest BCUT2D eigenvalue weighted by atomic mass is 10.2. The monoisotopic (exact) mass is 432 g/mol. The van der Waals surface area contributed by atoms with Gasteiger partial charge in [0.1, 0.15) is 6.04 Å². The number of nitrogens with zero attached hydrogens (tertiary/aromatic N) is 1. The van der Waals surface area contributed by atoms with Crippen molar-refractivity contribution < 1.29 is 31.1 Å². The first kappa shape index (κ1) is 20.9. The van der Waals surface area contributed by atoms with E-state index in [1.807, 2.05) is 0 Å². The minimum atomic E-state index is -3.93. The number of sulfone groups is 1. The van der Waals surface area contributed by atoms with E-state index in [1.54, 1.807) is 0 Å². The number of amides is 1. The zero-order valence-corrected chi connectivity index (χ0v) is 17.4.